The minimum absolute atomic E-state index is 0.146. The first kappa shape index (κ1) is 12.0. The average molecular weight is 208 g/mol. The number of aliphatic hydroxyl groups excluding tert-OH is 1. The van der Waals surface area contributed by atoms with Gasteiger partial charge in [0.2, 0.25) is 0 Å². The Balaban J connectivity index is 2.58. The highest BCUT2D eigenvalue weighted by molar-refractivity contribution is 5.47. The predicted octanol–water partition coefficient (Wildman–Crippen LogP) is 1.22. The van der Waals surface area contributed by atoms with Crippen LogP contribution in [0.2, 0.25) is 0 Å². The molecule has 1 aromatic carbocycles. The third kappa shape index (κ3) is 3.90. The molecule has 0 saturated heterocycles. The molecule has 0 aromatic heterocycles. The van der Waals surface area contributed by atoms with Gasteiger partial charge in [0.25, 0.3) is 0 Å². The van der Waals surface area contributed by atoms with Crippen LogP contribution in [0.25, 0.3) is 0 Å². The molecule has 0 aliphatic rings. The number of hydrogen-bond donors (Lipinski definition) is 2. The molecule has 1 unspecified atom stereocenters. The van der Waals surface area contributed by atoms with Gasteiger partial charge in [0, 0.05) is 32.4 Å². The van der Waals surface area contributed by atoms with Crippen LogP contribution in [0.1, 0.15) is 12.5 Å². The predicted molar refractivity (Wildman–Crippen MR) is 64.2 cm³/mol. The van der Waals surface area contributed by atoms with Gasteiger partial charge < -0.3 is 15.3 Å². The maximum absolute atomic E-state index is 8.88. The molecule has 0 saturated carbocycles. The topological polar surface area (TPSA) is 35.5 Å². The van der Waals surface area contributed by atoms with Crippen molar-refractivity contribution >= 4 is 5.69 Å². The summed E-state index contributed by atoms with van der Waals surface area (Å²) in [4.78, 5) is 2.08. The van der Waals surface area contributed by atoms with Crippen molar-refractivity contribution in [1.82, 2.24) is 5.32 Å². The summed E-state index contributed by atoms with van der Waals surface area (Å²) < 4.78 is 0. The lowest BCUT2D eigenvalue weighted by atomic mass is 10.2. The van der Waals surface area contributed by atoms with Crippen LogP contribution in [0, 0.1) is 0 Å². The highest BCUT2D eigenvalue weighted by Crippen LogP contribution is 2.13. The summed E-state index contributed by atoms with van der Waals surface area (Å²) >= 11 is 0. The molecule has 3 heteroatoms. The normalized spacial score (nSPS) is 12.5. The van der Waals surface area contributed by atoms with Crippen LogP contribution in [-0.4, -0.2) is 31.9 Å². The second kappa shape index (κ2) is 5.73. The zero-order chi connectivity index (χ0) is 11.3. The first-order chi connectivity index (χ1) is 7.13. The third-order valence-electron chi connectivity index (χ3n) is 2.36. The van der Waals surface area contributed by atoms with Gasteiger partial charge >= 0.3 is 0 Å². The van der Waals surface area contributed by atoms with Crippen LogP contribution < -0.4 is 10.2 Å². The quantitative estimate of drug-likeness (QED) is 0.764. The van der Waals surface area contributed by atoms with Crippen molar-refractivity contribution in [1.29, 1.82) is 0 Å². The maximum atomic E-state index is 8.88. The molecule has 0 heterocycles. The molecule has 1 atom stereocenters. The Morgan fingerprint density at radius 3 is 2.73 bits per heavy atom. The minimum atomic E-state index is 0.146. The number of benzene rings is 1. The molecular formula is C12H20N2O. The van der Waals surface area contributed by atoms with Crippen molar-refractivity contribution in [3.05, 3.63) is 29.8 Å². The molecule has 0 aliphatic heterocycles. The number of rotatable bonds is 5. The number of nitrogens with one attached hydrogen (secondary N) is 1. The second-order valence-electron chi connectivity index (χ2n) is 4.03. The summed E-state index contributed by atoms with van der Waals surface area (Å²) in [5.74, 6) is 0. The van der Waals surface area contributed by atoms with Gasteiger partial charge in [0.1, 0.15) is 0 Å². The van der Waals surface area contributed by atoms with Gasteiger partial charge in [-0.2, -0.15) is 0 Å². The molecule has 0 aliphatic carbocycles. The monoisotopic (exact) mass is 208 g/mol. The summed E-state index contributed by atoms with van der Waals surface area (Å²) in [6, 6.07) is 8.52. The van der Waals surface area contributed by atoms with Gasteiger partial charge in [-0.1, -0.05) is 12.1 Å². The van der Waals surface area contributed by atoms with Crippen LogP contribution >= 0.6 is 0 Å². The molecule has 3 nitrogen and oxygen atoms in total. The van der Waals surface area contributed by atoms with Gasteiger partial charge in [-0.3, -0.25) is 0 Å². The zero-order valence-electron chi connectivity index (χ0n) is 9.70. The highest BCUT2D eigenvalue weighted by Gasteiger charge is 2.00. The van der Waals surface area contributed by atoms with Crippen LogP contribution in [0.3, 0.4) is 0 Å². The molecule has 2 N–H and O–H groups in total. The largest absolute Gasteiger partial charge is 0.395 e. The van der Waals surface area contributed by atoms with E-state index in [2.05, 4.69) is 34.5 Å². The maximum Gasteiger partial charge on any atom is 0.0582 e. The Morgan fingerprint density at radius 1 is 1.40 bits per heavy atom. The summed E-state index contributed by atoms with van der Waals surface area (Å²) in [5, 5.41) is 12.1. The van der Waals surface area contributed by atoms with Gasteiger partial charge in [-0.05, 0) is 24.6 Å². The van der Waals surface area contributed by atoms with Crippen LogP contribution in [0.4, 0.5) is 5.69 Å². The van der Waals surface area contributed by atoms with E-state index >= 15 is 0 Å². The number of nitrogens with zero attached hydrogens (tertiary/aromatic N) is 1. The lowest BCUT2D eigenvalue weighted by Crippen LogP contribution is -2.28. The summed E-state index contributed by atoms with van der Waals surface area (Å²) in [5.41, 5.74) is 2.44. The van der Waals surface area contributed by atoms with E-state index in [4.69, 9.17) is 5.11 Å². The van der Waals surface area contributed by atoms with Crippen molar-refractivity contribution in [2.24, 2.45) is 0 Å². The number of aliphatic hydroxyl groups is 1. The molecule has 84 valence electrons. The second-order valence-corrected chi connectivity index (χ2v) is 4.03. The van der Waals surface area contributed by atoms with E-state index < -0.39 is 0 Å². The fourth-order valence-corrected chi connectivity index (χ4v) is 1.30. The molecule has 1 rings (SSSR count). The lowest BCUT2D eigenvalue weighted by molar-refractivity contribution is 0.251. The first-order valence-corrected chi connectivity index (χ1v) is 5.24. The molecule has 0 amide bonds. The Bertz CT molecular complexity index is 299. The minimum Gasteiger partial charge on any atom is -0.395 e. The Labute approximate surface area is 91.7 Å². The van der Waals surface area contributed by atoms with Gasteiger partial charge in [0.05, 0.1) is 6.61 Å². The molecule has 0 radical (unpaired) electrons. The Morgan fingerprint density at radius 2 is 2.13 bits per heavy atom. The first-order valence-electron chi connectivity index (χ1n) is 5.24. The Kier molecular flexibility index (Phi) is 4.59. The highest BCUT2D eigenvalue weighted by atomic mass is 16.3. The smallest absolute Gasteiger partial charge is 0.0582 e. The van der Waals surface area contributed by atoms with E-state index in [1.54, 1.807) is 0 Å². The summed E-state index contributed by atoms with van der Waals surface area (Å²) in [6.45, 7) is 2.94. The molecule has 0 spiro atoms. The molecule has 15 heavy (non-hydrogen) atoms. The van der Waals surface area contributed by atoms with Gasteiger partial charge in [-0.15, -0.1) is 0 Å². The van der Waals surface area contributed by atoms with Gasteiger partial charge in [-0.25, -0.2) is 0 Å². The van der Waals surface area contributed by atoms with Crippen LogP contribution in [0.15, 0.2) is 24.3 Å². The molecular weight excluding hydrogens is 188 g/mol. The van der Waals surface area contributed by atoms with E-state index in [1.165, 1.54) is 11.3 Å². The number of hydrogen-bond acceptors (Lipinski definition) is 3. The van der Waals surface area contributed by atoms with Crippen molar-refractivity contribution in [3.63, 3.8) is 0 Å². The standard InChI is InChI=1S/C12H20N2O/c1-10(9-15)13-8-11-5-4-6-12(7-11)14(2)3/h4-7,10,13,15H,8-9H2,1-3H3. The molecule has 0 bridgehead atoms. The lowest BCUT2D eigenvalue weighted by Gasteiger charge is -2.15. The summed E-state index contributed by atoms with van der Waals surface area (Å²) in [7, 11) is 4.06. The van der Waals surface area contributed by atoms with E-state index in [-0.39, 0.29) is 12.6 Å². The van der Waals surface area contributed by atoms with Crippen LogP contribution in [0.5, 0.6) is 0 Å². The van der Waals surface area contributed by atoms with E-state index in [1.807, 2.05) is 21.0 Å². The fourth-order valence-electron chi connectivity index (χ4n) is 1.30. The van der Waals surface area contributed by atoms with E-state index in [0.717, 1.165) is 6.54 Å². The average Bonchev–Trinajstić information content (AvgIpc) is 2.26. The third-order valence-corrected chi connectivity index (χ3v) is 2.36. The number of anilines is 1. The molecule has 1 aromatic rings. The Hall–Kier alpha value is -1.06. The molecule has 0 fully saturated rings. The van der Waals surface area contributed by atoms with Crippen molar-refractivity contribution in [3.8, 4) is 0 Å². The fraction of sp³-hybridized carbons (Fsp3) is 0.500. The van der Waals surface area contributed by atoms with Crippen molar-refractivity contribution in [2.75, 3.05) is 25.6 Å². The van der Waals surface area contributed by atoms with Crippen LogP contribution in [-0.2, 0) is 6.54 Å². The van der Waals surface area contributed by atoms with Crippen molar-refractivity contribution in [2.45, 2.75) is 19.5 Å². The van der Waals surface area contributed by atoms with E-state index in [9.17, 15) is 0 Å². The van der Waals surface area contributed by atoms with Gasteiger partial charge in [0.15, 0.2) is 0 Å². The summed E-state index contributed by atoms with van der Waals surface area (Å²) in [6.07, 6.45) is 0. The SMILES string of the molecule is CC(CO)NCc1cccc(N(C)C)c1. The van der Waals surface area contributed by atoms with E-state index in [0.29, 0.717) is 0 Å². The van der Waals surface area contributed by atoms with Crippen molar-refractivity contribution < 1.29 is 5.11 Å². The zero-order valence-corrected chi connectivity index (χ0v) is 9.70.